The Bertz CT molecular complexity index is 483. The Hall–Kier alpha value is -1.62. The van der Waals surface area contributed by atoms with Crippen LogP contribution in [0.25, 0.3) is 0 Å². The van der Waals surface area contributed by atoms with Gasteiger partial charge in [0, 0.05) is 50.4 Å². The van der Waals surface area contributed by atoms with Crippen molar-refractivity contribution in [3.8, 4) is 0 Å². The van der Waals surface area contributed by atoms with Crippen LogP contribution < -0.4 is 15.5 Å². The van der Waals surface area contributed by atoms with Gasteiger partial charge in [-0.1, -0.05) is 6.07 Å². The molecule has 0 aliphatic carbocycles. The molecule has 0 saturated carbocycles. The van der Waals surface area contributed by atoms with Crippen LogP contribution in [-0.4, -0.2) is 32.1 Å². The lowest BCUT2D eigenvalue weighted by Gasteiger charge is -2.26. The number of benzene rings is 1. The van der Waals surface area contributed by atoms with Crippen LogP contribution in [0.1, 0.15) is 32.8 Å². The van der Waals surface area contributed by atoms with Crippen LogP contribution in [0.5, 0.6) is 0 Å². The van der Waals surface area contributed by atoms with E-state index in [1.54, 1.807) is 13.1 Å². The highest BCUT2D eigenvalue weighted by Crippen LogP contribution is 2.23. The molecule has 0 spiro atoms. The summed E-state index contributed by atoms with van der Waals surface area (Å²) in [5, 5.41) is 5.90. The Labute approximate surface area is 126 Å². The average Bonchev–Trinajstić information content (AvgIpc) is 2.41. The zero-order chi connectivity index (χ0) is 16.0. The lowest BCUT2D eigenvalue weighted by Crippen LogP contribution is -2.36. The van der Waals surface area contributed by atoms with Crippen LogP contribution in [0, 0.1) is 5.82 Å². The molecule has 0 aromatic heterocycles. The van der Waals surface area contributed by atoms with E-state index in [2.05, 4.69) is 10.6 Å². The molecule has 21 heavy (non-hydrogen) atoms. The van der Waals surface area contributed by atoms with Crippen molar-refractivity contribution in [2.24, 2.45) is 0 Å². The highest BCUT2D eigenvalue weighted by atomic mass is 19.1. The minimum absolute atomic E-state index is 0.0207. The molecule has 1 aromatic rings. The second-order valence-electron chi connectivity index (χ2n) is 6.19. The van der Waals surface area contributed by atoms with Crippen molar-refractivity contribution in [3.05, 3.63) is 29.6 Å². The fourth-order valence-electron chi connectivity index (χ4n) is 1.95. The molecule has 2 N–H and O–H groups in total. The number of nitrogens with zero attached hydrogens (tertiary/aromatic N) is 1. The maximum atomic E-state index is 14.1. The normalized spacial score (nSPS) is 11.3. The monoisotopic (exact) mass is 295 g/mol. The summed E-state index contributed by atoms with van der Waals surface area (Å²) in [6, 6.07) is 5.05. The van der Waals surface area contributed by atoms with E-state index in [1.165, 1.54) is 6.07 Å². The maximum Gasteiger partial charge on any atom is 0.221 e. The van der Waals surface area contributed by atoms with Gasteiger partial charge in [0.2, 0.25) is 5.91 Å². The summed E-state index contributed by atoms with van der Waals surface area (Å²) in [4.78, 5) is 13.2. The van der Waals surface area contributed by atoms with E-state index in [4.69, 9.17) is 0 Å². The highest BCUT2D eigenvalue weighted by molar-refractivity contribution is 5.76. The molecule has 0 aliphatic rings. The predicted molar refractivity (Wildman–Crippen MR) is 84.9 cm³/mol. The van der Waals surface area contributed by atoms with Gasteiger partial charge in [-0.05, 0) is 32.9 Å². The minimum Gasteiger partial charge on any atom is -0.374 e. The Balaban J connectivity index is 2.85. The topological polar surface area (TPSA) is 44.4 Å². The first-order valence-corrected chi connectivity index (χ1v) is 7.18. The number of carbonyl (C=O) groups is 1. The van der Waals surface area contributed by atoms with Crippen LogP contribution >= 0.6 is 0 Å². The largest absolute Gasteiger partial charge is 0.374 e. The molecule has 0 radical (unpaired) electrons. The van der Waals surface area contributed by atoms with Crippen molar-refractivity contribution in [1.82, 2.24) is 10.6 Å². The summed E-state index contributed by atoms with van der Waals surface area (Å²) in [6.07, 6.45) is 0.385. The molecule has 1 rings (SSSR count). The van der Waals surface area contributed by atoms with E-state index in [0.717, 1.165) is 5.69 Å². The van der Waals surface area contributed by atoms with Gasteiger partial charge >= 0.3 is 0 Å². The summed E-state index contributed by atoms with van der Waals surface area (Å²) in [7, 11) is 3.49. The number of hydrogen-bond donors (Lipinski definition) is 2. The second-order valence-corrected chi connectivity index (χ2v) is 6.19. The summed E-state index contributed by atoms with van der Waals surface area (Å²) in [5.74, 6) is -0.247. The molecular weight excluding hydrogens is 269 g/mol. The SMILES string of the molecule is CNC(=O)CCN(C)c1cccc(F)c1CNC(C)(C)C. The number of carbonyl (C=O) groups excluding carboxylic acids is 1. The molecule has 0 unspecified atom stereocenters. The van der Waals surface area contributed by atoms with Gasteiger partial charge in [-0.25, -0.2) is 4.39 Å². The van der Waals surface area contributed by atoms with E-state index < -0.39 is 0 Å². The standard InChI is InChI=1S/C16H26FN3O/c1-16(2,3)19-11-12-13(17)7-6-8-14(12)20(5)10-9-15(21)18-4/h6-8,19H,9-11H2,1-5H3,(H,18,21). The van der Waals surface area contributed by atoms with Gasteiger partial charge in [-0.2, -0.15) is 0 Å². The summed E-state index contributed by atoms with van der Waals surface area (Å²) >= 11 is 0. The quantitative estimate of drug-likeness (QED) is 0.846. The first-order valence-electron chi connectivity index (χ1n) is 7.18. The second kappa shape index (κ2) is 7.41. The summed E-state index contributed by atoms with van der Waals surface area (Å²) in [6.45, 7) is 7.13. The molecule has 118 valence electrons. The van der Waals surface area contributed by atoms with Crippen LogP contribution in [0.4, 0.5) is 10.1 Å². The Morgan fingerprint density at radius 2 is 2.00 bits per heavy atom. The van der Waals surface area contributed by atoms with Gasteiger partial charge in [0.05, 0.1) is 0 Å². The van der Waals surface area contributed by atoms with Gasteiger partial charge in [-0.3, -0.25) is 4.79 Å². The smallest absolute Gasteiger partial charge is 0.221 e. The number of rotatable bonds is 6. The number of anilines is 1. The number of amides is 1. The van der Waals surface area contributed by atoms with Crippen molar-refractivity contribution in [3.63, 3.8) is 0 Å². The molecule has 0 atom stereocenters. The van der Waals surface area contributed by atoms with Gasteiger partial charge in [-0.15, -0.1) is 0 Å². The van der Waals surface area contributed by atoms with Crippen molar-refractivity contribution in [2.45, 2.75) is 39.3 Å². The summed E-state index contributed by atoms with van der Waals surface area (Å²) in [5.41, 5.74) is 1.36. The zero-order valence-electron chi connectivity index (χ0n) is 13.6. The average molecular weight is 295 g/mol. The number of halogens is 1. The molecule has 0 fully saturated rings. The van der Waals surface area contributed by atoms with Crippen molar-refractivity contribution >= 4 is 11.6 Å². The van der Waals surface area contributed by atoms with Crippen LogP contribution in [-0.2, 0) is 11.3 Å². The third-order valence-electron chi connectivity index (χ3n) is 3.25. The Morgan fingerprint density at radius 1 is 1.33 bits per heavy atom. The van der Waals surface area contributed by atoms with Gasteiger partial charge in [0.25, 0.3) is 0 Å². The Kier molecular flexibility index (Phi) is 6.15. The third kappa shape index (κ3) is 5.71. The fraction of sp³-hybridized carbons (Fsp3) is 0.562. The fourth-order valence-corrected chi connectivity index (χ4v) is 1.95. The molecular formula is C16H26FN3O. The van der Waals surface area contributed by atoms with Crippen LogP contribution in [0.2, 0.25) is 0 Å². The van der Waals surface area contributed by atoms with Crippen LogP contribution in [0.15, 0.2) is 18.2 Å². The van der Waals surface area contributed by atoms with E-state index >= 15 is 0 Å². The third-order valence-corrected chi connectivity index (χ3v) is 3.25. The zero-order valence-corrected chi connectivity index (χ0v) is 13.6. The Morgan fingerprint density at radius 3 is 2.57 bits per heavy atom. The van der Waals surface area contributed by atoms with E-state index in [-0.39, 0.29) is 17.3 Å². The van der Waals surface area contributed by atoms with Gasteiger partial charge in [0.15, 0.2) is 0 Å². The van der Waals surface area contributed by atoms with Crippen LogP contribution in [0.3, 0.4) is 0 Å². The molecule has 0 saturated heterocycles. The molecule has 1 aromatic carbocycles. The number of hydrogen-bond acceptors (Lipinski definition) is 3. The maximum absolute atomic E-state index is 14.1. The minimum atomic E-state index is -0.226. The van der Waals surface area contributed by atoms with E-state index in [1.807, 2.05) is 38.8 Å². The molecule has 5 heteroatoms. The highest BCUT2D eigenvalue weighted by Gasteiger charge is 2.16. The molecule has 1 amide bonds. The lowest BCUT2D eigenvalue weighted by molar-refractivity contribution is -0.120. The van der Waals surface area contributed by atoms with Crippen molar-refractivity contribution in [2.75, 3.05) is 25.5 Å². The van der Waals surface area contributed by atoms with E-state index in [9.17, 15) is 9.18 Å². The predicted octanol–water partition coefficient (Wildman–Crippen LogP) is 2.29. The van der Waals surface area contributed by atoms with Gasteiger partial charge < -0.3 is 15.5 Å². The first kappa shape index (κ1) is 17.4. The lowest BCUT2D eigenvalue weighted by atomic mass is 10.1. The summed E-state index contributed by atoms with van der Waals surface area (Å²) < 4.78 is 14.1. The van der Waals surface area contributed by atoms with E-state index in [0.29, 0.717) is 25.1 Å². The van der Waals surface area contributed by atoms with Gasteiger partial charge in [0.1, 0.15) is 5.82 Å². The molecule has 0 heterocycles. The molecule has 4 nitrogen and oxygen atoms in total. The first-order chi connectivity index (χ1) is 9.74. The molecule has 0 bridgehead atoms. The number of nitrogens with one attached hydrogen (secondary N) is 2. The van der Waals surface area contributed by atoms with Crippen molar-refractivity contribution in [1.29, 1.82) is 0 Å². The molecule has 0 aliphatic heterocycles. The van der Waals surface area contributed by atoms with Crippen molar-refractivity contribution < 1.29 is 9.18 Å².